The van der Waals surface area contributed by atoms with E-state index in [1.807, 2.05) is 66.7 Å². The monoisotopic (exact) mass is 337 g/mol. The molecule has 5 aromatic rings. The zero-order valence-corrected chi connectivity index (χ0v) is 13.9. The molecule has 2 heterocycles. The molecule has 4 nitrogen and oxygen atoms in total. The number of para-hydroxylation sites is 1. The first-order valence-corrected chi connectivity index (χ1v) is 8.43. The van der Waals surface area contributed by atoms with Crippen molar-refractivity contribution in [3.05, 3.63) is 85.2 Å². The van der Waals surface area contributed by atoms with E-state index in [4.69, 9.17) is 4.42 Å². The van der Waals surface area contributed by atoms with Gasteiger partial charge < -0.3 is 9.73 Å². The molecule has 0 radical (unpaired) electrons. The highest BCUT2D eigenvalue weighted by molar-refractivity contribution is 5.92. The van der Waals surface area contributed by atoms with Gasteiger partial charge in [0, 0.05) is 22.0 Å². The van der Waals surface area contributed by atoms with E-state index in [0.29, 0.717) is 0 Å². The van der Waals surface area contributed by atoms with Gasteiger partial charge in [-0.05, 0) is 36.4 Å². The second kappa shape index (κ2) is 6.01. The average molecular weight is 337 g/mol. The maximum absolute atomic E-state index is 5.98. The number of rotatable bonds is 3. The first-order valence-electron chi connectivity index (χ1n) is 8.43. The van der Waals surface area contributed by atoms with Crippen LogP contribution in [0, 0.1) is 0 Å². The fourth-order valence-corrected chi connectivity index (χ4v) is 3.11. The third-order valence-electron chi connectivity index (χ3n) is 4.38. The Bertz CT molecular complexity index is 1210. The third-order valence-corrected chi connectivity index (χ3v) is 4.38. The zero-order valence-electron chi connectivity index (χ0n) is 13.9. The number of fused-ring (bicyclic) bond motifs is 2. The van der Waals surface area contributed by atoms with E-state index in [0.717, 1.165) is 44.7 Å². The van der Waals surface area contributed by atoms with Crippen molar-refractivity contribution in [3.63, 3.8) is 0 Å². The number of nitrogens with zero attached hydrogens (tertiary/aromatic N) is 2. The minimum absolute atomic E-state index is 0.793. The number of benzene rings is 3. The Morgan fingerprint density at radius 3 is 2.54 bits per heavy atom. The molecule has 0 bridgehead atoms. The number of furan rings is 1. The van der Waals surface area contributed by atoms with E-state index in [9.17, 15) is 0 Å². The summed E-state index contributed by atoms with van der Waals surface area (Å²) in [5, 5.41) is 5.44. The molecule has 0 aliphatic heterocycles. The van der Waals surface area contributed by atoms with Gasteiger partial charge in [0.1, 0.15) is 23.5 Å². The average Bonchev–Trinajstić information content (AvgIpc) is 3.12. The molecule has 2 aromatic heterocycles. The summed E-state index contributed by atoms with van der Waals surface area (Å²) in [5.74, 6) is 1.66. The summed E-state index contributed by atoms with van der Waals surface area (Å²) < 4.78 is 5.98. The smallest absolute Gasteiger partial charge is 0.141 e. The first-order chi connectivity index (χ1) is 12.9. The summed E-state index contributed by atoms with van der Waals surface area (Å²) in [7, 11) is 0. The van der Waals surface area contributed by atoms with Crippen molar-refractivity contribution in [2.24, 2.45) is 0 Å². The second-order valence-electron chi connectivity index (χ2n) is 6.09. The summed E-state index contributed by atoms with van der Waals surface area (Å²) >= 11 is 0. The lowest BCUT2D eigenvalue weighted by Gasteiger charge is -2.08. The molecule has 0 spiro atoms. The molecule has 0 fully saturated rings. The van der Waals surface area contributed by atoms with Crippen LogP contribution in [0.1, 0.15) is 0 Å². The normalized spacial score (nSPS) is 11.1. The van der Waals surface area contributed by atoms with Crippen molar-refractivity contribution < 1.29 is 4.42 Å². The van der Waals surface area contributed by atoms with Crippen LogP contribution in [-0.4, -0.2) is 9.97 Å². The lowest BCUT2D eigenvalue weighted by atomic mass is 10.1. The minimum atomic E-state index is 0.793. The predicted octanol–water partition coefficient (Wildman–Crippen LogP) is 5.79. The summed E-state index contributed by atoms with van der Waals surface area (Å²) in [5.41, 5.74) is 3.81. The summed E-state index contributed by atoms with van der Waals surface area (Å²) in [6.07, 6.45) is 1.58. The second-order valence-corrected chi connectivity index (χ2v) is 6.09. The Morgan fingerprint density at radius 2 is 1.62 bits per heavy atom. The lowest BCUT2D eigenvalue weighted by Crippen LogP contribution is -1.95. The van der Waals surface area contributed by atoms with Crippen LogP contribution in [0.2, 0.25) is 0 Å². The van der Waals surface area contributed by atoms with Gasteiger partial charge in [0.05, 0.1) is 5.52 Å². The molecule has 0 saturated heterocycles. The van der Waals surface area contributed by atoms with E-state index < -0.39 is 0 Å². The highest BCUT2D eigenvalue weighted by Crippen LogP contribution is 2.31. The van der Waals surface area contributed by atoms with Gasteiger partial charge in [-0.25, -0.2) is 9.97 Å². The maximum Gasteiger partial charge on any atom is 0.141 e. The highest BCUT2D eigenvalue weighted by atomic mass is 16.3. The van der Waals surface area contributed by atoms with Crippen molar-refractivity contribution in [1.82, 2.24) is 9.97 Å². The molecule has 3 aromatic carbocycles. The fraction of sp³-hybridized carbons (Fsp3) is 0. The van der Waals surface area contributed by atoms with Crippen molar-refractivity contribution in [2.75, 3.05) is 5.32 Å². The zero-order chi connectivity index (χ0) is 17.3. The van der Waals surface area contributed by atoms with E-state index in [2.05, 4.69) is 27.4 Å². The molecule has 0 aliphatic carbocycles. The highest BCUT2D eigenvalue weighted by Gasteiger charge is 2.08. The van der Waals surface area contributed by atoms with E-state index in [1.165, 1.54) is 0 Å². The predicted molar refractivity (Wildman–Crippen MR) is 104 cm³/mol. The minimum Gasteiger partial charge on any atom is -0.456 e. The van der Waals surface area contributed by atoms with Crippen LogP contribution in [0.15, 0.2) is 89.6 Å². The van der Waals surface area contributed by atoms with Crippen LogP contribution in [0.4, 0.5) is 11.5 Å². The molecule has 0 saturated carbocycles. The Hall–Kier alpha value is -3.66. The number of nitrogens with one attached hydrogen (secondary N) is 1. The molecule has 1 N–H and O–H groups in total. The fourth-order valence-electron chi connectivity index (χ4n) is 3.11. The van der Waals surface area contributed by atoms with Crippen molar-refractivity contribution in [2.45, 2.75) is 0 Å². The van der Waals surface area contributed by atoms with Crippen LogP contribution in [0.3, 0.4) is 0 Å². The van der Waals surface area contributed by atoms with Gasteiger partial charge in [-0.2, -0.15) is 0 Å². The largest absolute Gasteiger partial charge is 0.456 e. The third kappa shape index (κ3) is 2.58. The Kier molecular flexibility index (Phi) is 3.39. The Morgan fingerprint density at radius 1 is 0.769 bits per heavy atom. The van der Waals surface area contributed by atoms with Crippen LogP contribution in [-0.2, 0) is 0 Å². The lowest BCUT2D eigenvalue weighted by molar-refractivity contribution is 0.631. The van der Waals surface area contributed by atoms with Gasteiger partial charge in [-0.15, -0.1) is 0 Å². The van der Waals surface area contributed by atoms with Gasteiger partial charge >= 0.3 is 0 Å². The molecular formula is C22H15N3O. The van der Waals surface area contributed by atoms with Crippen LogP contribution >= 0.6 is 0 Å². The molecule has 124 valence electrons. The Labute approximate surface area is 150 Å². The molecule has 26 heavy (non-hydrogen) atoms. The van der Waals surface area contributed by atoms with Crippen molar-refractivity contribution >= 4 is 33.4 Å². The molecule has 0 amide bonds. The topological polar surface area (TPSA) is 51.0 Å². The van der Waals surface area contributed by atoms with Crippen LogP contribution < -0.4 is 5.32 Å². The first kappa shape index (κ1) is 14.7. The van der Waals surface area contributed by atoms with Gasteiger partial charge in [0.15, 0.2) is 0 Å². The van der Waals surface area contributed by atoms with Crippen LogP contribution in [0.5, 0.6) is 0 Å². The maximum atomic E-state index is 5.98. The standard InChI is InChI=1S/C22H15N3O/c1-2-6-15(7-3-1)21-13-16-12-17(10-11-20(16)26-21)25-22-18-8-4-5-9-19(18)23-14-24-22/h1-14H,(H,23,24,25). The van der Waals surface area contributed by atoms with Gasteiger partial charge in [-0.1, -0.05) is 42.5 Å². The van der Waals surface area contributed by atoms with E-state index >= 15 is 0 Å². The number of aromatic nitrogens is 2. The molecule has 4 heteroatoms. The summed E-state index contributed by atoms with van der Waals surface area (Å²) in [6.45, 7) is 0. The van der Waals surface area contributed by atoms with Gasteiger partial charge in [-0.3, -0.25) is 0 Å². The Balaban J connectivity index is 1.53. The van der Waals surface area contributed by atoms with Crippen LogP contribution in [0.25, 0.3) is 33.2 Å². The van der Waals surface area contributed by atoms with Crippen molar-refractivity contribution in [1.29, 1.82) is 0 Å². The van der Waals surface area contributed by atoms with Crippen molar-refractivity contribution in [3.8, 4) is 11.3 Å². The quantitative estimate of drug-likeness (QED) is 0.453. The molecule has 0 unspecified atom stereocenters. The summed E-state index contributed by atoms with van der Waals surface area (Å²) in [4.78, 5) is 8.69. The molecule has 0 atom stereocenters. The van der Waals surface area contributed by atoms with E-state index in [-0.39, 0.29) is 0 Å². The number of hydrogen-bond donors (Lipinski definition) is 1. The number of anilines is 2. The van der Waals surface area contributed by atoms with Gasteiger partial charge in [0.2, 0.25) is 0 Å². The van der Waals surface area contributed by atoms with Gasteiger partial charge in [0.25, 0.3) is 0 Å². The number of hydrogen-bond acceptors (Lipinski definition) is 4. The molecular weight excluding hydrogens is 322 g/mol. The molecule has 5 rings (SSSR count). The molecule has 0 aliphatic rings. The van der Waals surface area contributed by atoms with E-state index in [1.54, 1.807) is 6.33 Å². The summed E-state index contributed by atoms with van der Waals surface area (Å²) in [6, 6.07) is 26.2. The SMILES string of the molecule is c1ccc(-c2cc3cc(Nc4ncnc5ccccc45)ccc3o2)cc1.